The van der Waals surface area contributed by atoms with E-state index in [9.17, 15) is 0 Å². The Bertz CT molecular complexity index is 2740. The molecule has 0 saturated heterocycles. The van der Waals surface area contributed by atoms with Crippen LogP contribution >= 0.6 is 0 Å². The highest BCUT2D eigenvalue weighted by molar-refractivity contribution is 6.19. The first-order chi connectivity index (χ1) is 25.8. The van der Waals surface area contributed by atoms with E-state index in [-0.39, 0.29) is 0 Å². The number of nitrogens with zero attached hydrogens (tertiary/aromatic N) is 3. The molecule has 0 aliphatic heterocycles. The van der Waals surface area contributed by atoms with Crippen molar-refractivity contribution < 1.29 is 0 Å². The monoisotopic (exact) mass is 661 g/mol. The molecule has 3 heteroatoms. The number of benzene rings is 8. The lowest BCUT2D eigenvalue weighted by molar-refractivity contribution is 1.07. The Morgan fingerprint density at radius 3 is 1.33 bits per heavy atom. The summed E-state index contributed by atoms with van der Waals surface area (Å²) < 4.78 is 0. The Morgan fingerprint density at radius 1 is 0.231 bits per heavy atom. The number of hydrogen-bond acceptors (Lipinski definition) is 3. The van der Waals surface area contributed by atoms with Gasteiger partial charge in [0.2, 0.25) is 0 Å². The van der Waals surface area contributed by atoms with Gasteiger partial charge in [0.25, 0.3) is 0 Å². The van der Waals surface area contributed by atoms with Crippen LogP contribution in [0.15, 0.2) is 188 Å². The summed E-state index contributed by atoms with van der Waals surface area (Å²) >= 11 is 0. The molecule has 242 valence electrons. The van der Waals surface area contributed by atoms with E-state index in [4.69, 9.17) is 15.0 Å². The molecule has 8 aromatic carbocycles. The third-order valence-electron chi connectivity index (χ3n) is 10.1. The predicted molar refractivity (Wildman–Crippen MR) is 214 cm³/mol. The van der Waals surface area contributed by atoms with Crippen molar-refractivity contribution in [1.82, 2.24) is 15.0 Å². The molecule has 0 saturated carbocycles. The zero-order valence-corrected chi connectivity index (χ0v) is 28.2. The van der Waals surface area contributed by atoms with Crippen molar-refractivity contribution in [2.24, 2.45) is 0 Å². The lowest BCUT2D eigenvalue weighted by Gasteiger charge is -2.14. The maximum atomic E-state index is 5.05. The van der Waals surface area contributed by atoms with Crippen molar-refractivity contribution in [2.75, 3.05) is 0 Å². The zero-order chi connectivity index (χ0) is 34.4. The Labute approximate surface area is 302 Å². The normalized spacial score (nSPS) is 11.5. The molecule has 0 fully saturated rings. The lowest BCUT2D eigenvalue weighted by atomic mass is 9.89. The quantitative estimate of drug-likeness (QED) is 0.178. The van der Waals surface area contributed by atoms with E-state index >= 15 is 0 Å². The lowest BCUT2D eigenvalue weighted by Crippen LogP contribution is -2.00. The molecule has 0 unspecified atom stereocenters. The fraction of sp³-hybridized carbons (Fsp3) is 0. The fourth-order valence-electron chi connectivity index (χ4n) is 7.63. The van der Waals surface area contributed by atoms with Gasteiger partial charge in [-0.2, -0.15) is 0 Å². The number of hydrogen-bond donors (Lipinski definition) is 0. The van der Waals surface area contributed by atoms with Gasteiger partial charge in [-0.3, -0.25) is 0 Å². The fourth-order valence-corrected chi connectivity index (χ4v) is 7.63. The molecule has 0 radical (unpaired) electrons. The van der Waals surface area contributed by atoms with Gasteiger partial charge >= 0.3 is 0 Å². The number of fused-ring (bicyclic) bond motifs is 3. The first-order valence-corrected chi connectivity index (χ1v) is 17.6. The molecule has 52 heavy (non-hydrogen) atoms. The number of rotatable bonds is 6. The van der Waals surface area contributed by atoms with Crippen molar-refractivity contribution in [2.45, 2.75) is 0 Å². The average molecular weight is 662 g/mol. The van der Waals surface area contributed by atoms with Crippen LogP contribution in [0.25, 0.3) is 101 Å². The third kappa shape index (κ3) is 5.10. The average Bonchev–Trinajstić information content (AvgIpc) is 3.56. The van der Waals surface area contributed by atoms with Crippen LogP contribution in [-0.4, -0.2) is 15.0 Å². The van der Waals surface area contributed by atoms with Crippen LogP contribution in [0.1, 0.15) is 0 Å². The van der Waals surface area contributed by atoms with Crippen molar-refractivity contribution in [1.29, 1.82) is 0 Å². The first-order valence-electron chi connectivity index (χ1n) is 17.6. The van der Waals surface area contributed by atoms with E-state index in [1.54, 1.807) is 0 Å². The maximum Gasteiger partial charge on any atom is 0.164 e. The van der Waals surface area contributed by atoms with Crippen LogP contribution in [0.2, 0.25) is 0 Å². The molecule has 0 atom stereocenters. The molecular weight excluding hydrogens is 631 g/mol. The molecule has 1 aliphatic carbocycles. The molecule has 0 amide bonds. The van der Waals surface area contributed by atoms with Crippen molar-refractivity contribution in [3.05, 3.63) is 188 Å². The molecule has 0 spiro atoms. The highest BCUT2D eigenvalue weighted by Crippen LogP contribution is 2.50. The summed E-state index contributed by atoms with van der Waals surface area (Å²) in [7, 11) is 0. The van der Waals surface area contributed by atoms with E-state index in [0.717, 1.165) is 33.4 Å². The van der Waals surface area contributed by atoms with Gasteiger partial charge in [-0.15, -0.1) is 0 Å². The Morgan fingerprint density at radius 2 is 0.654 bits per heavy atom. The molecule has 10 rings (SSSR count). The summed E-state index contributed by atoms with van der Waals surface area (Å²) in [6, 6.07) is 66.3. The predicted octanol–water partition coefficient (Wildman–Crippen LogP) is 12.7. The first kappa shape index (κ1) is 29.9. The largest absolute Gasteiger partial charge is 0.208 e. The highest BCUT2D eigenvalue weighted by atomic mass is 15.0. The van der Waals surface area contributed by atoms with Crippen LogP contribution in [0, 0.1) is 0 Å². The highest BCUT2D eigenvalue weighted by Gasteiger charge is 2.23. The van der Waals surface area contributed by atoms with Gasteiger partial charge in [-0.05, 0) is 72.5 Å². The van der Waals surface area contributed by atoms with Crippen molar-refractivity contribution in [3.8, 4) is 89.8 Å². The second kappa shape index (κ2) is 12.4. The van der Waals surface area contributed by atoms with Crippen molar-refractivity contribution in [3.63, 3.8) is 0 Å². The van der Waals surface area contributed by atoms with E-state index in [0.29, 0.717) is 17.5 Å². The summed E-state index contributed by atoms with van der Waals surface area (Å²) in [4.78, 5) is 15.0. The summed E-state index contributed by atoms with van der Waals surface area (Å²) in [5.41, 5.74) is 15.1. The van der Waals surface area contributed by atoms with E-state index < -0.39 is 0 Å². The summed E-state index contributed by atoms with van der Waals surface area (Å²) in [6.45, 7) is 0. The van der Waals surface area contributed by atoms with Crippen molar-refractivity contribution >= 4 is 10.8 Å². The van der Waals surface area contributed by atoms with Gasteiger partial charge in [0.15, 0.2) is 17.5 Å². The molecule has 1 heterocycles. The zero-order valence-electron chi connectivity index (χ0n) is 28.2. The minimum atomic E-state index is 0.640. The SMILES string of the molecule is c1ccc(-c2cccc(-c3nc(-c4ccccc4)nc(-c4ccc(-c5ccccc5-c5ccc6c7c(cccc57)-c5ccccc5-6)cc4)n3)c2)cc1. The molecule has 3 nitrogen and oxygen atoms in total. The van der Waals surface area contributed by atoms with Gasteiger partial charge < -0.3 is 0 Å². The maximum absolute atomic E-state index is 5.05. The van der Waals surface area contributed by atoms with Gasteiger partial charge in [-0.25, -0.2) is 15.0 Å². The minimum Gasteiger partial charge on any atom is -0.208 e. The van der Waals surface area contributed by atoms with E-state index in [2.05, 4.69) is 152 Å². The van der Waals surface area contributed by atoms with E-state index in [1.165, 1.54) is 49.7 Å². The standard InChI is InChI=1S/C49H31N3/c1-3-13-32(14-4-1)36-17-11-18-37(31-36)49-51-47(34-15-5-2-6-16-34)50-48(52-49)35-27-25-33(26-28-35)38-19-7-8-20-39(38)42-29-30-45-41-22-10-9-21-40(41)43-23-12-24-44(42)46(43)45/h1-31H. The summed E-state index contributed by atoms with van der Waals surface area (Å²) in [5.74, 6) is 1.93. The Hall–Kier alpha value is -6.97. The summed E-state index contributed by atoms with van der Waals surface area (Å²) in [5, 5.41) is 2.61. The van der Waals surface area contributed by atoms with Crippen LogP contribution in [-0.2, 0) is 0 Å². The molecular formula is C49H31N3. The molecule has 0 N–H and O–H groups in total. The Balaban J connectivity index is 1.06. The van der Waals surface area contributed by atoms with Gasteiger partial charge in [0.1, 0.15) is 0 Å². The van der Waals surface area contributed by atoms with Crippen LogP contribution < -0.4 is 0 Å². The minimum absolute atomic E-state index is 0.640. The second-order valence-corrected chi connectivity index (χ2v) is 13.2. The molecule has 9 aromatic rings. The van der Waals surface area contributed by atoms with Gasteiger partial charge in [-0.1, -0.05) is 182 Å². The summed E-state index contributed by atoms with van der Waals surface area (Å²) in [6.07, 6.45) is 0. The molecule has 1 aromatic heterocycles. The smallest absolute Gasteiger partial charge is 0.164 e. The van der Waals surface area contributed by atoms with Gasteiger partial charge in [0, 0.05) is 16.7 Å². The van der Waals surface area contributed by atoms with Crippen LogP contribution in [0.3, 0.4) is 0 Å². The number of aromatic nitrogens is 3. The second-order valence-electron chi connectivity index (χ2n) is 13.2. The van der Waals surface area contributed by atoms with Crippen LogP contribution in [0.4, 0.5) is 0 Å². The topological polar surface area (TPSA) is 38.7 Å². The molecule has 1 aliphatic rings. The molecule has 0 bridgehead atoms. The third-order valence-corrected chi connectivity index (χ3v) is 10.1. The van der Waals surface area contributed by atoms with E-state index in [1.807, 2.05) is 36.4 Å². The Kier molecular flexibility index (Phi) is 7.14. The van der Waals surface area contributed by atoms with Crippen LogP contribution in [0.5, 0.6) is 0 Å². The van der Waals surface area contributed by atoms with Gasteiger partial charge in [0.05, 0.1) is 0 Å².